The van der Waals surface area contributed by atoms with Gasteiger partial charge in [0.1, 0.15) is 0 Å². The van der Waals surface area contributed by atoms with Gasteiger partial charge in [0, 0.05) is 0 Å². The number of hydrogen-bond acceptors (Lipinski definition) is 5. The number of hydrogen-bond donors (Lipinski definition) is 0. The number of sulfonamides is 2. The van der Waals surface area contributed by atoms with Gasteiger partial charge in [-0.25, -0.2) is 16.8 Å². The lowest BCUT2D eigenvalue weighted by atomic mass is 10.3. The van der Waals surface area contributed by atoms with E-state index < -0.39 is 43.8 Å². The highest BCUT2D eigenvalue weighted by molar-refractivity contribution is 8.13. The summed E-state index contributed by atoms with van der Waals surface area (Å²) in [6, 6.07) is 0. The average Bonchev–Trinajstić information content (AvgIpc) is 2.39. The van der Waals surface area contributed by atoms with Gasteiger partial charge in [0.2, 0.25) is 0 Å². The van der Waals surface area contributed by atoms with E-state index in [0.717, 1.165) is 17.0 Å². The van der Waals surface area contributed by atoms with Crippen molar-refractivity contribution in [1.82, 2.24) is 4.90 Å². The average molecular weight is 463 g/mol. The van der Waals surface area contributed by atoms with E-state index in [2.05, 4.69) is 0 Å². The molecule has 0 atom stereocenters. The van der Waals surface area contributed by atoms with Gasteiger partial charge in [-0.1, -0.05) is 20.3 Å². The van der Waals surface area contributed by atoms with Crippen molar-refractivity contribution in [2.24, 2.45) is 0 Å². The van der Waals surface area contributed by atoms with Gasteiger partial charge < -0.3 is 4.13 Å². The Bertz CT molecular complexity index is 597. The van der Waals surface area contributed by atoms with Crippen molar-refractivity contribution < 1.29 is 56.3 Å². The molecule has 0 aromatic rings. The lowest BCUT2D eigenvalue weighted by Crippen LogP contribution is -2.34. The van der Waals surface area contributed by atoms with E-state index in [-0.39, 0.29) is 0 Å². The zero-order valence-electron chi connectivity index (χ0n) is 13.8. The fraction of sp³-hybridized carbons (Fsp3) is 1.00. The van der Waals surface area contributed by atoms with Crippen LogP contribution in [0, 0.1) is 0 Å². The molecule has 0 unspecified atom stereocenters. The Morgan fingerprint density at radius 1 is 0.778 bits per heavy atom. The normalized spacial score (nSPS) is 14.1. The van der Waals surface area contributed by atoms with Gasteiger partial charge in [-0.05, 0) is 19.5 Å². The van der Waals surface area contributed by atoms with Crippen LogP contribution in [0.3, 0.4) is 0 Å². The summed E-state index contributed by atoms with van der Waals surface area (Å²) in [5, 5.41) is 0. The zero-order chi connectivity index (χ0) is 22.3. The SMILES string of the molecule is CCCCN(CC)CC(F)(F)F.O=S(=O)([N-]S(=O)(=O)C(F)(F)F)C(F)(F)F. The topological polar surface area (TPSA) is 85.6 Å². The van der Waals surface area contributed by atoms with Crippen molar-refractivity contribution in [2.75, 3.05) is 19.6 Å². The highest BCUT2D eigenvalue weighted by Crippen LogP contribution is 2.36. The van der Waals surface area contributed by atoms with Crippen molar-refractivity contribution in [3.63, 3.8) is 0 Å². The summed E-state index contributed by atoms with van der Waals surface area (Å²) in [5.74, 6) is 0. The molecule has 0 aromatic carbocycles. The fourth-order valence-electron chi connectivity index (χ4n) is 1.20. The molecule has 0 spiro atoms. The van der Waals surface area contributed by atoms with Gasteiger partial charge in [-0.15, -0.1) is 0 Å². The molecule has 0 N–H and O–H groups in total. The van der Waals surface area contributed by atoms with Crippen molar-refractivity contribution in [3.05, 3.63) is 4.13 Å². The van der Waals surface area contributed by atoms with Crippen molar-refractivity contribution in [1.29, 1.82) is 0 Å². The Morgan fingerprint density at radius 2 is 1.15 bits per heavy atom. The molecule has 0 fully saturated rings. The molecule has 0 heterocycles. The van der Waals surface area contributed by atoms with Crippen LogP contribution in [-0.4, -0.2) is 58.6 Å². The Kier molecular flexibility index (Phi) is 10.6. The van der Waals surface area contributed by atoms with E-state index >= 15 is 0 Å². The van der Waals surface area contributed by atoms with Crippen molar-refractivity contribution in [3.8, 4) is 0 Å². The summed E-state index contributed by atoms with van der Waals surface area (Å²) in [7, 11) is -13.4. The number of rotatable bonds is 7. The summed E-state index contributed by atoms with van der Waals surface area (Å²) in [6.45, 7) is 3.97. The molecule has 0 aromatic heterocycles. The maximum absolute atomic E-state index is 11.9. The van der Waals surface area contributed by atoms with Gasteiger partial charge in [-0.3, -0.25) is 4.90 Å². The molecule has 0 saturated heterocycles. The number of unbranched alkanes of at least 4 members (excludes halogenated alkanes) is 1. The molecule has 0 saturated carbocycles. The first kappa shape index (κ1) is 28.4. The van der Waals surface area contributed by atoms with Gasteiger partial charge in [-0.2, -0.15) is 39.5 Å². The molecule has 0 amide bonds. The van der Waals surface area contributed by atoms with Crippen LogP contribution in [0.4, 0.5) is 39.5 Å². The second kappa shape index (κ2) is 10.1. The third kappa shape index (κ3) is 11.6. The molecular formula is C10H16F9N2O4S2-. The largest absolute Gasteiger partial charge is 0.480 e. The highest BCUT2D eigenvalue weighted by Gasteiger charge is 2.46. The quantitative estimate of drug-likeness (QED) is 0.537. The van der Waals surface area contributed by atoms with Crippen LogP contribution in [0.1, 0.15) is 26.7 Å². The second-order valence-corrected chi connectivity index (χ2v) is 8.18. The molecule has 0 aliphatic heterocycles. The van der Waals surface area contributed by atoms with E-state index in [9.17, 15) is 56.3 Å². The second-order valence-electron chi connectivity index (χ2n) is 4.75. The van der Waals surface area contributed by atoms with Crippen LogP contribution < -0.4 is 0 Å². The lowest BCUT2D eigenvalue weighted by molar-refractivity contribution is -0.145. The molecule has 0 rings (SSSR count). The Morgan fingerprint density at radius 3 is 1.37 bits per heavy atom. The lowest BCUT2D eigenvalue weighted by Gasteiger charge is -2.22. The first-order chi connectivity index (χ1) is 11.7. The predicted octanol–water partition coefficient (Wildman–Crippen LogP) is 3.73. The molecule has 17 heteroatoms. The van der Waals surface area contributed by atoms with Crippen molar-refractivity contribution in [2.45, 2.75) is 43.9 Å². The number of nitrogens with zero attached hydrogens (tertiary/aromatic N) is 2. The van der Waals surface area contributed by atoms with E-state index in [1.165, 1.54) is 4.90 Å². The fourth-order valence-corrected chi connectivity index (χ4v) is 2.91. The molecular weight excluding hydrogens is 447 g/mol. The van der Waals surface area contributed by atoms with Gasteiger partial charge in [0.05, 0.1) is 6.54 Å². The molecule has 0 radical (unpaired) electrons. The number of alkyl halides is 9. The smallest absolute Gasteiger partial charge is 0.421 e. The van der Waals surface area contributed by atoms with E-state index in [1.807, 2.05) is 6.92 Å². The Balaban J connectivity index is 0. The first-order valence-corrected chi connectivity index (χ1v) is 9.74. The first-order valence-electron chi connectivity index (χ1n) is 6.86. The van der Waals surface area contributed by atoms with E-state index in [1.54, 1.807) is 6.92 Å². The van der Waals surface area contributed by atoms with Crippen LogP contribution in [0.5, 0.6) is 0 Å². The third-order valence-electron chi connectivity index (χ3n) is 2.46. The Labute approximate surface area is 149 Å². The van der Waals surface area contributed by atoms with E-state index in [0.29, 0.717) is 13.1 Å². The molecule has 0 aliphatic carbocycles. The molecule has 27 heavy (non-hydrogen) atoms. The summed E-state index contributed by atoms with van der Waals surface area (Å²) in [5.41, 5.74) is -12.4. The summed E-state index contributed by atoms with van der Waals surface area (Å²) >= 11 is 0. The minimum Gasteiger partial charge on any atom is -0.421 e. The van der Waals surface area contributed by atoms with Crippen LogP contribution in [-0.2, 0) is 20.0 Å². The third-order valence-corrected chi connectivity index (χ3v) is 5.20. The van der Waals surface area contributed by atoms with Crippen LogP contribution in [0.15, 0.2) is 0 Å². The summed E-state index contributed by atoms with van der Waals surface area (Å²) in [4.78, 5) is 1.42. The summed E-state index contributed by atoms with van der Waals surface area (Å²) in [6.07, 6.45) is -2.28. The Hall–Kier alpha value is -0.810. The van der Waals surface area contributed by atoms with Gasteiger partial charge in [0.15, 0.2) is 20.0 Å². The maximum atomic E-state index is 11.9. The zero-order valence-corrected chi connectivity index (χ0v) is 15.4. The standard InChI is InChI=1S/C8H16F3N.C2F6NO4S2/c1-3-5-6-12(4-2)7-8(9,10)11;3-1(4,5)14(10,11)9-15(12,13)2(6,7)8/h3-7H2,1-2H3;/q;-1. The molecule has 166 valence electrons. The predicted molar refractivity (Wildman–Crippen MR) is 76.4 cm³/mol. The molecule has 6 nitrogen and oxygen atoms in total. The molecule has 0 aliphatic rings. The minimum atomic E-state index is -6.72. The maximum Gasteiger partial charge on any atom is 0.480 e. The van der Waals surface area contributed by atoms with Crippen LogP contribution in [0.25, 0.3) is 4.13 Å². The van der Waals surface area contributed by atoms with Crippen LogP contribution >= 0.6 is 0 Å². The monoisotopic (exact) mass is 463 g/mol. The van der Waals surface area contributed by atoms with Crippen LogP contribution in [0.2, 0.25) is 0 Å². The van der Waals surface area contributed by atoms with E-state index in [4.69, 9.17) is 0 Å². The highest BCUT2D eigenvalue weighted by atomic mass is 32.3. The van der Waals surface area contributed by atoms with Gasteiger partial charge in [0.25, 0.3) is 0 Å². The minimum absolute atomic E-state index is 0.472. The molecule has 0 bridgehead atoms. The summed E-state index contributed by atoms with van der Waals surface area (Å²) < 4.78 is 145. The number of halogens is 9. The van der Waals surface area contributed by atoms with Gasteiger partial charge >= 0.3 is 17.2 Å². The van der Waals surface area contributed by atoms with Crippen molar-refractivity contribution >= 4 is 20.0 Å².